The van der Waals surface area contributed by atoms with E-state index in [4.69, 9.17) is 4.74 Å². The molecule has 0 spiro atoms. The Labute approximate surface area is 442 Å². The van der Waals surface area contributed by atoms with Crippen LogP contribution in [0.3, 0.4) is 0 Å². The fourth-order valence-corrected chi connectivity index (χ4v) is 6.61. The van der Waals surface area contributed by atoms with Gasteiger partial charge in [0.2, 0.25) is 0 Å². The van der Waals surface area contributed by atoms with Crippen LogP contribution in [0.2, 0.25) is 0 Å². The molecule has 0 aromatic heterocycles. The van der Waals surface area contributed by atoms with Crippen molar-refractivity contribution in [2.75, 3.05) is 130 Å². The van der Waals surface area contributed by atoms with Crippen LogP contribution in [0.5, 0.6) is 0 Å². The first kappa shape index (κ1) is 77.9. The van der Waals surface area contributed by atoms with E-state index in [1.54, 1.807) is 0 Å². The Morgan fingerprint density at radius 1 is 0.377 bits per heavy atom. The molecular formula is C59H136N8OS. The zero-order valence-electron chi connectivity index (χ0n) is 51.3. The van der Waals surface area contributed by atoms with Gasteiger partial charge in [0, 0.05) is 64.0 Å². The predicted octanol–water partition coefficient (Wildman–Crippen LogP) is 12.8. The number of fused-ring (bicyclic) bond motifs is 3. The SMILES string of the molecule is C1CCNC1.C1CCNCC1.C1CN2CCC1C2.C1CNCCN1.C1COCCN1.C1CSCN1.C1NCC2CC12.CC(C)C.CC(C)C.CC(C)C.CC(C)C.CC(C)C.CC(C)C.CC(C)C. The Morgan fingerprint density at radius 2 is 0.696 bits per heavy atom. The fourth-order valence-electron chi connectivity index (χ4n) is 5.89. The number of thioether (sulfide) groups is 1. The Hall–Kier alpha value is -0.0100. The number of hydrogen-bond donors (Lipinski definition) is 7. The van der Waals surface area contributed by atoms with Gasteiger partial charge in [0.25, 0.3) is 0 Å². The molecule has 10 heteroatoms. The second-order valence-electron chi connectivity index (χ2n) is 24.5. The molecule has 2 atom stereocenters. The number of rotatable bonds is 0. The van der Waals surface area contributed by atoms with E-state index in [1.165, 1.54) is 128 Å². The maximum Gasteiger partial charge on any atom is 0.0591 e. The summed E-state index contributed by atoms with van der Waals surface area (Å²) in [5.74, 6) is 11.6. The third-order valence-electron chi connectivity index (χ3n) is 8.70. The molecule has 0 radical (unpaired) electrons. The standard InChI is InChI=1S/C6H11N.C5H9N.C5H11N.C4H10N2.C4H9NO.C4H9N.7C4H10.C3H7NS/c1-3-7-4-2-6(1)5-7;1-4-2-6-3-5(1)4;1-2-4-6-5-3-1;1-2-6-4-3-5-1;1-3-6-4-2-5-1;1-2-4-5-3-1;7*1-4(2)3;1-2-5-3-4-1/h6H,1-5H2;4-6H,1-3H2;6H,1-5H2;5-6H,1-4H2;5H,1-4H2;5H,1-4H2;7*4H,1-3H3;4H,1-3H2. The van der Waals surface area contributed by atoms with Crippen LogP contribution in [-0.4, -0.2) is 134 Å². The largest absolute Gasteiger partial charge is 0.379 e. The Kier molecular flexibility index (Phi) is 70.3. The molecule has 0 amide bonds. The Bertz CT molecular complexity index is 682. The van der Waals surface area contributed by atoms with E-state index in [2.05, 4.69) is 188 Å². The number of morpholine rings is 1. The second-order valence-corrected chi connectivity index (χ2v) is 25.6. The maximum atomic E-state index is 5.01. The average molecular weight is 1010 g/mol. The average Bonchev–Trinajstić information content (AvgIpc) is 4.06. The molecule has 0 aromatic carbocycles. The highest BCUT2D eigenvalue weighted by atomic mass is 32.2. The maximum absolute atomic E-state index is 5.01. The molecule has 0 aromatic rings. The molecule has 9 rings (SSSR count). The van der Waals surface area contributed by atoms with Gasteiger partial charge < -0.3 is 46.9 Å². The van der Waals surface area contributed by atoms with E-state index in [0.29, 0.717) is 0 Å². The first-order valence-corrected chi connectivity index (χ1v) is 30.5. The monoisotopic (exact) mass is 1010 g/mol. The van der Waals surface area contributed by atoms with Crippen molar-refractivity contribution in [3.8, 4) is 0 Å². The van der Waals surface area contributed by atoms with Gasteiger partial charge in [-0.1, -0.05) is 152 Å². The number of nitrogens with one attached hydrogen (secondary N) is 7. The number of piperidine rings is 3. The third kappa shape index (κ3) is 102. The van der Waals surface area contributed by atoms with Gasteiger partial charge in [0.15, 0.2) is 0 Å². The van der Waals surface area contributed by atoms with Crippen LogP contribution in [0.25, 0.3) is 0 Å². The summed E-state index contributed by atoms with van der Waals surface area (Å²) >= 11 is 1.96. The van der Waals surface area contributed by atoms with Gasteiger partial charge in [-0.2, -0.15) is 0 Å². The van der Waals surface area contributed by atoms with Crippen LogP contribution >= 0.6 is 11.8 Å². The van der Waals surface area contributed by atoms with E-state index in [9.17, 15) is 0 Å². The van der Waals surface area contributed by atoms with Crippen LogP contribution in [0.4, 0.5) is 0 Å². The normalized spacial score (nSPS) is 22.8. The lowest BCUT2D eigenvalue weighted by Gasteiger charge is -2.11. The first-order valence-electron chi connectivity index (χ1n) is 29.4. The smallest absolute Gasteiger partial charge is 0.0591 e. The molecule has 1 aliphatic carbocycles. The molecule has 9 aliphatic rings. The first-order chi connectivity index (χ1) is 32.5. The second kappa shape index (κ2) is 62.3. The topological polar surface area (TPSA) is 96.7 Å². The summed E-state index contributed by atoms with van der Waals surface area (Å²) in [6.07, 6.45) is 11.5. The van der Waals surface area contributed by atoms with Gasteiger partial charge >= 0.3 is 0 Å². The summed E-state index contributed by atoms with van der Waals surface area (Å²) in [5.41, 5.74) is 0. The van der Waals surface area contributed by atoms with Crippen molar-refractivity contribution < 1.29 is 4.74 Å². The molecule has 8 heterocycles. The lowest BCUT2D eigenvalue weighted by Crippen LogP contribution is -2.39. The van der Waals surface area contributed by atoms with E-state index in [1.807, 2.05) is 11.8 Å². The van der Waals surface area contributed by atoms with Crippen molar-refractivity contribution in [3.63, 3.8) is 0 Å². The van der Waals surface area contributed by atoms with Gasteiger partial charge in [-0.15, -0.1) is 11.8 Å². The van der Waals surface area contributed by atoms with Crippen LogP contribution in [0.1, 0.15) is 197 Å². The van der Waals surface area contributed by atoms with Crippen molar-refractivity contribution >= 4 is 11.8 Å². The minimum absolute atomic E-state index is 0.833. The molecule has 7 N–H and O–H groups in total. The summed E-state index contributed by atoms with van der Waals surface area (Å²) in [7, 11) is 0. The van der Waals surface area contributed by atoms with Crippen LogP contribution in [0.15, 0.2) is 0 Å². The quantitative estimate of drug-likeness (QED) is 0.127. The summed E-state index contributed by atoms with van der Waals surface area (Å²) in [6, 6.07) is 0. The number of nitrogens with zero attached hydrogens (tertiary/aromatic N) is 1. The molecule has 9 fully saturated rings. The van der Waals surface area contributed by atoms with Crippen molar-refractivity contribution in [2.24, 2.45) is 59.2 Å². The molecule has 2 unspecified atom stereocenters. The molecule has 8 saturated heterocycles. The summed E-state index contributed by atoms with van der Waals surface area (Å²) < 4.78 is 5.01. The highest BCUT2D eigenvalue weighted by molar-refractivity contribution is 7.99. The fraction of sp³-hybridized carbons (Fsp3) is 1.00. The van der Waals surface area contributed by atoms with E-state index in [-0.39, 0.29) is 0 Å². The number of ether oxygens (including phenoxy) is 1. The molecule has 69 heavy (non-hydrogen) atoms. The minimum Gasteiger partial charge on any atom is -0.379 e. The molecular weight excluding hydrogens is 869 g/mol. The summed E-state index contributed by atoms with van der Waals surface area (Å²) in [6.45, 7) is 66.9. The lowest BCUT2D eigenvalue weighted by atomic mass is 10.1. The van der Waals surface area contributed by atoms with E-state index in [0.717, 1.165) is 112 Å². The van der Waals surface area contributed by atoms with Gasteiger partial charge in [-0.3, -0.25) is 0 Å². The Morgan fingerprint density at radius 3 is 0.797 bits per heavy atom. The van der Waals surface area contributed by atoms with Crippen molar-refractivity contribution in [1.82, 2.24) is 42.1 Å². The molecule has 424 valence electrons. The van der Waals surface area contributed by atoms with Crippen molar-refractivity contribution in [1.29, 1.82) is 0 Å². The number of piperazine rings is 1. The lowest BCUT2D eigenvalue weighted by molar-refractivity contribution is 0.109. The highest BCUT2D eigenvalue weighted by Gasteiger charge is 2.40. The minimum atomic E-state index is 0.833. The zero-order valence-corrected chi connectivity index (χ0v) is 52.2. The van der Waals surface area contributed by atoms with E-state index >= 15 is 0 Å². The van der Waals surface area contributed by atoms with Crippen molar-refractivity contribution in [2.45, 2.75) is 197 Å². The van der Waals surface area contributed by atoms with Crippen LogP contribution in [-0.2, 0) is 4.74 Å². The zero-order chi connectivity index (χ0) is 53.5. The van der Waals surface area contributed by atoms with Gasteiger partial charge in [0.1, 0.15) is 0 Å². The summed E-state index contributed by atoms with van der Waals surface area (Å²) in [4.78, 5) is 2.56. The van der Waals surface area contributed by atoms with Crippen molar-refractivity contribution in [3.05, 3.63) is 0 Å². The number of hydrogen-bond acceptors (Lipinski definition) is 10. The van der Waals surface area contributed by atoms with Gasteiger partial charge in [-0.25, -0.2) is 0 Å². The van der Waals surface area contributed by atoms with Gasteiger partial charge in [0.05, 0.1) is 13.2 Å². The Balaban J connectivity index is -0.000000214. The molecule has 2 bridgehead atoms. The van der Waals surface area contributed by atoms with E-state index < -0.39 is 0 Å². The molecule has 8 aliphatic heterocycles. The van der Waals surface area contributed by atoms with Gasteiger partial charge in [-0.05, 0) is 156 Å². The molecule has 1 saturated carbocycles. The third-order valence-corrected chi connectivity index (χ3v) is 9.60. The van der Waals surface area contributed by atoms with Crippen LogP contribution < -0.4 is 37.2 Å². The van der Waals surface area contributed by atoms with Crippen LogP contribution in [0, 0.1) is 59.2 Å². The highest BCUT2D eigenvalue weighted by Crippen LogP contribution is 2.40. The summed E-state index contributed by atoms with van der Waals surface area (Å²) in [5, 5.41) is 22.6. The molecule has 9 nitrogen and oxygen atoms in total. The predicted molar refractivity (Wildman–Crippen MR) is 321 cm³/mol.